The molecule has 1 rings (SSSR count). The van der Waals surface area contributed by atoms with Gasteiger partial charge in [0.2, 0.25) is 0 Å². The van der Waals surface area contributed by atoms with Gasteiger partial charge in [-0.05, 0) is 28.5 Å². The molecule has 1 aromatic rings. The molecule has 0 radical (unpaired) electrons. The summed E-state index contributed by atoms with van der Waals surface area (Å²) in [6, 6.07) is 4.06. The fourth-order valence-corrected chi connectivity index (χ4v) is 2.99. The summed E-state index contributed by atoms with van der Waals surface area (Å²) in [5, 5.41) is 10.7. The van der Waals surface area contributed by atoms with Crippen molar-refractivity contribution in [2.45, 2.75) is 52.4 Å². The van der Waals surface area contributed by atoms with Crippen molar-refractivity contribution in [2.24, 2.45) is 0 Å². The number of phenolic OH excluding ortho intramolecular Hbond substituents is 1. The largest absolute Gasteiger partial charge is 0.507 e. The summed E-state index contributed by atoms with van der Waals surface area (Å²) in [4.78, 5) is 0. The van der Waals surface area contributed by atoms with Crippen LogP contribution in [-0.4, -0.2) is 15.1 Å². The van der Waals surface area contributed by atoms with Gasteiger partial charge in [-0.25, -0.2) is 0 Å². The van der Waals surface area contributed by atoms with Crippen LogP contribution in [-0.2, 0) is 10.8 Å². The van der Waals surface area contributed by atoms with Crippen molar-refractivity contribution in [3.63, 3.8) is 0 Å². The van der Waals surface area contributed by atoms with E-state index in [-0.39, 0.29) is 10.8 Å². The molecular weight excluding hydrogens is 296 g/mol. The molecule has 0 aliphatic rings. The molecule has 0 amide bonds. The lowest BCUT2D eigenvalue weighted by Crippen LogP contribution is -2.18. The van der Waals surface area contributed by atoms with Gasteiger partial charge in [-0.1, -0.05) is 59.8 Å². The van der Waals surface area contributed by atoms with Crippen LogP contribution in [0.4, 0.5) is 0 Å². The van der Waals surface area contributed by atoms with E-state index in [0.717, 1.165) is 26.6 Å². The first-order valence-electron chi connectivity index (χ1n) is 7.14. The molecule has 0 heterocycles. The summed E-state index contributed by atoms with van der Waals surface area (Å²) in [5.41, 5.74) is 2.67. The van der Waals surface area contributed by atoms with Crippen LogP contribution in [0.1, 0.15) is 58.2 Å². The Hall–Kier alpha value is -0.800. The van der Waals surface area contributed by atoms with E-state index in [9.17, 15) is 5.11 Å². The normalized spacial score (nSPS) is 12.3. The van der Waals surface area contributed by atoms with Crippen LogP contribution >= 0.6 is 24.0 Å². The van der Waals surface area contributed by atoms with Gasteiger partial charge in [0, 0.05) is 16.9 Å². The molecule has 21 heavy (non-hydrogen) atoms. The molecule has 0 saturated carbocycles. The van der Waals surface area contributed by atoms with Crippen LogP contribution in [0.25, 0.3) is 0 Å². The van der Waals surface area contributed by atoms with Crippen molar-refractivity contribution in [2.75, 3.05) is 5.75 Å². The minimum Gasteiger partial charge on any atom is -0.507 e. The highest BCUT2D eigenvalue weighted by molar-refractivity contribution is 8.23. The quantitative estimate of drug-likeness (QED) is 0.579. The van der Waals surface area contributed by atoms with E-state index in [1.807, 2.05) is 18.2 Å². The molecule has 3 heteroatoms. The predicted octanol–water partition coefficient (Wildman–Crippen LogP) is 5.58. The number of thiocarbonyl (C=S) groups is 1. The number of benzene rings is 1. The average Bonchev–Trinajstić information content (AvgIpc) is 2.33. The van der Waals surface area contributed by atoms with Crippen molar-refractivity contribution >= 4 is 28.2 Å². The van der Waals surface area contributed by atoms with Crippen LogP contribution < -0.4 is 0 Å². The Morgan fingerprint density at radius 2 is 1.57 bits per heavy atom. The van der Waals surface area contributed by atoms with E-state index in [2.05, 4.69) is 48.1 Å². The van der Waals surface area contributed by atoms with Gasteiger partial charge in [-0.15, -0.1) is 18.3 Å². The van der Waals surface area contributed by atoms with Gasteiger partial charge in [-0.2, -0.15) is 0 Å². The van der Waals surface area contributed by atoms with Crippen molar-refractivity contribution in [3.8, 4) is 5.75 Å². The fraction of sp³-hybridized carbons (Fsp3) is 0.500. The second-order valence-electron chi connectivity index (χ2n) is 7.31. The van der Waals surface area contributed by atoms with Gasteiger partial charge in [0.15, 0.2) is 0 Å². The zero-order valence-electron chi connectivity index (χ0n) is 13.9. The summed E-state index contributed by atoms with van der Waals surface area (Å²) >= 11 is 7.13. The van der Waals surface area contributed by atoms with E-state index in [1.165, 1.54) is 0 Å². The third-order valence-corrected chi connectivity index (χ3v) is 4.78. The summed E-state index contributed by atoms with van der Waals surface area (Å²) in [6.07, 6.45) is 1.85. The van der Waals surface area contributed by atoms with Gasteiger partial charge >= 0.3 is 0 Å². The third kappa shape index (κ3) is 4.58. The molecule has 0 bridgehead atoms. The lowest BCUT2D eigenvalue weighted by atomic mass is 9.78. The van der Waals surface area contributed by atoms with Gasteiger partial charge < -0.3 is 5.11 Å². The number of hydrogen-bond acceptors (Lipinski definition) is 3. The van der Waals surface area contributed by atoms with Crippen LogP contribution in [0.15, 0.2) is 24.8 Å². The van der Waals surface area contributed by atoms with Gasteiger partial charge in [0.1, 0.15) is 5.75 Å². The Kier molecular flexibility index (Phi) is 5.68. The van der Waals surface area contributed by atoms with Crippen LogP contribution in [0, 0.1) is 0 Å². The Balaban J connectivity index is 3.47. The molecule has 0 aromatic heterocycles. The Bertz CT molecular complexity index is 510. The third-order valence-electron chi connectivity index (χ3n) is 3.29. The number of hydrogen-bond donors (Lipinski definition) is 1. The highest BCUT2D eigenvalue weighted by Gasteiger charge is 2.27. The molecule has 0 atom stereocenters. The standard InChI is InChI=1S/C18H26OS2/c1-8-9-21-16(20)12-10-13(17(2,3)4)15(19)14(11-12)18(5,6)7/h8,10-11,19H,1,9H2,2-7H3. The molecule has 0 fully saturated rings. The van der Waals surface area contributed by atoms with Gasteiger partial charge in [0.25, 0.3) is 0 Å². The molecule has 116 valence electrons. The lowest BCUT2D eigenvalue weighted by molar-refractivity contribution is 0.423. The molecule has 0 aliphatic carbocycles. The zero-order valence-corrected chi connectivity index (χ0v) is 15.5. The average molecular weight is 323 g/mol. The number of aromatic hydroxyl groups is 1. The van der Waals surface area contributed by atoms with Gasteiger partial charge in [-0.3, -0.25) is 0 Å². The van der Waals surface area contributed by atoms with E-state index in [4.69, 9.17) is 12.2 Å². The maximum absolute atomic E-state index is 10.7. The van der Waals surface area contributed by atoms with E-state index in [1.54, 1.807) is 11.8 Å². The van der Waals surface area contributed by atoms with E-state index >= 15 is 0 Å². The fourth-order valence-electron chi connectivity index (χ4n) is 2.11. The zero-order chi connectivity index (χ0) is 16.4. The number of rotatable bonds is 3. The maximum atomic E-state index is 10.7. The Labute approximate surface area is 138 Å². The minimum absolute atomic E-state index is 0.126. The van der Waals surface area contributed by atoms with E-state index in [0.29, 0.717) is 5.75 Å². The molecule has 1 N–H and O–H groups in total. The van der Waals surface area contributed by atoms with Crippen molar-refractivity contribution in [3.05, 3.63) is 41.5 Å². The molecule has 0 aliphatic heterocycles. The SMILES string of the molecule is C=CCSC(=S)c1cc(C(C)(C)C)c(O)c(C(C)(C)C)c1. The first-order chi connectivity index (χ1) is 9.48. The van der Waals surface area contributed by atoms with Crippen LogP contribution in [0.5, 0.6) is 5.75 Å². The first kappa shape index (κ1) is 18.2. The molecule has 0 unspecified atom stereocenters. The summed E-state index contributed by atoms with van der Waals surface area (Å²) in [7, 11) is 0. The molecular formula is C18H26OS2. The van der Waals surface area contributed by atoms with Crippen LogP contribution in [0.3, 0.4) is 0 Å². The molecule has 0 spiro atoms. The molecule has 1 nitrogen and oxygen atoms in total. The Morgan fingerprint density at radius 1 is 1.14 bits per heavy atom. The predicted molar refractivity (Wildman–Crippen MR) is 99.9 cm³/mol. The summed E-state index contributed by atoms with van der Waals surface area (Å²) in [6.45, 7) is 16.4. The number of thioether (sulfide) groups is 1. The smallest absolute Gasteiger partial charge is 0.123 e. The molecule has 0 saturated heterocycles. The minimum atomic E-state index is -0.126. The lowest BCUT2D eigenvalue weighted by Gasteiger charge is -2.28. The summed E-state index contributed by atoms with van der Waals surface area (Å²) < 4.78 is 0.853. The monoisotopic (exact) mass is 322 g/mol. The number of phenols is 1. The first-order valence-corrected chi connectivity index (χ1v) is 8.54. The molecule has 1 aromatic carbocycles. The Morgan fingerprint density at radius 3 is 1.90 bits per heavy atom. The highest BCUT2D eigenvalue weighted by Crippen LogP contribution is 2.40. The van der Waals surface area contributed by atoms with E-state index < -0.39 is 0 Å². The van der Waals surface area contributed by atoms with Crippen LogP contribution in [0.2, 0.25) is 0 Å². The van der Waals surface area contributed by atoms with Crippen molar-refractivity contribution in [1.82, 2.24) is 0 Å². The van der Waals surface area contributed by atoms with Crippen molar-refractivity contribution in [1.29, 1.82) is 0 Å². The summed E-state index contributed by atoms with van der Waals surface area (Å²) in [5.74, 6) is 1.20. The topological polar surface area (TPSA) is 20.2 Å². The highest BCUT2D eigenvalue weighted by atomic mass is 32.2. The maximum Gasteiger partial charge on any atom is 0.123 e. The second-order valence-corrected chi connectivity index (χ2v) is 9.00. The van der Waals surface area contributed by atoms with Crippen molar-refractivity contribution < 1.29 is 5.11 Å². The van der Waals surface area contributed by atoms with Gasteiger partial charge in [0.05, 0.1) is 4.20 Å². The second kappa shape index (κ2) is 6.53.